The molecule has 0 bridgehead atoms. The monoisotopic (exact) mass is 351 g/mol. The zero-order chi connectivity index (χ0) is 18.6. The lowest BCUT2D eigenvalue weighted by Gasteiger charge is -2.19. The van der Waals surface area contributed by atoms with E-state index < -0.39 is 0 Å². The summed E-state index contributed by atoms with van der Waals surface area (Å²) in [7, 11) is 0. The van der Waals surface area contributed by atoms with Crippen LogP contribution in [0.25, 0.3) is 0 Å². The van der Waals surface area contributed by atoms with Crippen molar-refractivity contribution >= 4 is 5.91 Å². The van der Waals surface area contributed by atoms with Crippen LogP contribution >= 0.6 is 0 Å². The number of rotatable bonds is 5. The molecule has 0 heterocycles. The highest BCUT2D eigenvalue weighted by atomic mass is 16.5. The second-order valence-corrected chi connectivity index (χ2v) is 8.21. The molecule has 3 nitrogen and oxygen atoms in total. The predicted molar refractivity (Wildman–Crippen MR) is 106 cm³/mol. The molecule has 0 atom stereocenters. The number of nitrogens with one attached hydrogen (secondary N) is 1. The number of benzene rings is 2. The molecule has 2 aromatic carbocycles. The van der Waals surface area contributed by atoms with E-state index in [-0.39, 0.29) is 11.3 Å². The predicted octanol–water partition coefficient (Wildman–Crippen LogP) is 5.24. The number of amides is 1. The Kier molecular flexibility index (Phi) is 5.65. The molecule has 1 fully saturated rings. The topological polar surface area (TPSA) is 38.3 Å². The van der Waals surface area contributed by atoms with Gasteiger partial charge in [0.05, 0.1) is 0 Å². The van der Waals surface area contributed by atoms with Crippen LogP contribution in [0.2, 0.25) is 0 Å². The van der Waals surface area contributed by atoms with Crippen molar-refractivity contribution in [3.63, 3.8) is 0 Å². The van der Waals surface area contributed by atoms with Crippen molar-refractivity contribution in [1.29, 1.82) is 0 Å². The third-order valence-corrected chi connectivity index (χ3v) is 5.03. The van der Waals surface area contributed by atoms with Gasteiger partial charge in [-0.2, -0.15) is 0 Å². The standard InChI is InChI=1S/C23H29NO2/c1-23(2,3)19-12-14-21(15-13-19)26-16-17-8-10-18(11-9-17)22(25)24-20-6-4-5-7-20/h8-15,20H,4-7,16H2,1-3H3,(H,24,25). The minimum absolute atomic E-state index is 0.0298. The van der Waals surface area contributed by atoms with Crippen molar-refractivity contribution in [3.05, 3.63) is 65.2 Å². The molecule has 0 radical (unpaired) electrons. The smallest absolute Gasteiger partial charge is 0.251 e. The van der Waals surface area contributed by atoms with Gasteiger partial charge in [-0.3, -0.25) is 4.79 Å². The first kappa shape index (κ1) is 18.5. The molecule has 1 N–H and O–H groups in total. The van der Waals surface area contributed by atoms with Gasteiger partial charge < -0.3 is 10.1 Å². The summed E-state index contributed by atoms with van der Waals surface area (Å²) in [5.74, 6) is 0.892. The van der Waals surface area contributed by atoms with Gasteiger partial charge in [0, 0.05) is 11.6 Å². The first-order valence-corrected chi connectivity index (χ1v) is 9.55. The molecule has 3 heteroatoms. The van der Waals surface area contributed by atoms with Crippen LogP contribution in [-0.4, -0.2) is 11.9 Å². The fraction of sp³-hybridized carbons (Fsp3) is 0.435. The first-order chi connectivity index (χ1) is 12.4. The summed E-state index contributed by atoms with van der Waals surface area (Å²) < 4.78 is 5.87. The van der Waals surface area contributed by atoms with E-state index in [4.69, 9.17) is 4.74 Å². The molecule has 2 aromatic rings. The number of ether oxygens (including phenoxy) is 1. The van der Waals surface area contributed by atoms with Crippen molar-refractivity contribution in [2.75, 3.05) is 0 Å². The molecule has 1 amide bonds. The minimum Gasteiger partial charge on any atom is -0.489 e. The lowest BCUT2D eigenvalue weighted by Crippen LogP contribution is -2.32. The van der Waals surface area contributed by atoms with E-state index in [1.807, 2.05) is 36.4 Å². The second kappa shape index (κ2) is 7.94. The van der Waals surface area contributed by atoms with Crippen LogP contribution in [0.15, 0.2) is 48.5 Å². The fourth-order valence-electron chi connectivity index (χ4n) is 3.31. The number of carbonyl (C=O) groups excluding carboxylic acids is 1. The van der Waals surface area contributed by atoms with E-state index in [0.29, 0.717) is 12.6 Å². The van der Waals surface area contributed by atoms with Gasteiger partial charge in [0.2, 0.25) is 0 Å². The van der Waals surface area contributed by atoms with Crippen molar-refractivity contribution in [2.24, 2.45) is 0 Å². The van der Waals surface area contributed by atoms with Crippen LogP contribution in [0.5, 0.6) is 5.75 Å². The molecule has 0 unspecified atom stereocenters. The molecular formula is C23H29NO2. The summed E-state index contributed by atoms with van der Waals surface area (Å²) in [6.45, 7) is 7.10. The third kappa shape index (κ3) is 4.87. The summed E-state index contributed by atoms with van der Waals surface area (Å²) in [6, 6.07) is 16.3. The zero-order valence-corrected chi connectivity index (χ0v) is 16.0. The Labute approximate surface area is 156 Å². The molecular weight excluding hydrogens is 322 g/mol. The summed E-state index contributed by atoms with van der Waals surface area (Å²) in [4.78, 5) is 12.3. The van der Waals surface area contributed by atoms with Gasteiger partial charge in [0.25, 0.3) is 5.91 Å². The van der Waals surface area contributed by atoms with E-state index in [9.17, 15) is 4.79 Å². The largest absolute Gasteiger partial charge is 0.489 e. The third-order valence-electron chi connectivity index (χ3n) is 5.03. The Morgan fingerprint density at radius 2 is 1.62 bits per heavy atom. The highest BCUT2D eigenvalue weighted by Crippen LogP contribution is 2.24. The van der Waals surface area contributed by atoms with Crippen molar-refractivity contribution in [3.8, 4) is 5.75 Å². The highest BCUT2D eigenvalue weighted by Gasteiger charge is 2.17. The Morgan fingerprint density at radius 1 is 1.00 bits per heavy atom. The van der Waals surface area contributed by atoms with Crippen LogP contribution in [0.3, 0.4) is 0 Å². The van der Waals surface area contributed by atoms with Crippen LogP contribution in [0.1, 0.15) is 67.9 Å². The van der Waals surface area contributed by atoms with E-state index in [0.717, 1.165) is 29.7 Å². The van der Waals surface area contributed by atoms with E-state index in [1.54, 1.807) is 0 Å². The summed E-state index contributed by atoms with van der Waals surface area (Å²) >= 11 is 0. The van der Waals surface area contributed by atoms with E-state index in [2.05, 4.69) is 38.2 Å². The molecule has 1 saturated carbocycles. The molecule has 1 aliphatic rings. The number of hydrogen-bond acceptors (Lipinski definition) is 2. The number of carbonyl (C=O) groups is 1. The van der Waals surface area contributed by atoms with Crippen molar-refractivity contribution in [1.82, 2.24) is 5.32 Å². The molecule has 0 aromatic heterocycles. The summed E-state index contributed by atoms with van der Waals surface area (Å²) in [5.41, 5.74) is 3.22. The van der Waals surface area contributed by atoms with Gasteiger partial charge in [-0.15, -0.1) is 0 Å². The Bertz CT molecular complexity index is 720. The SMILES string of the molecule is CC(C)(C)c1ccc(OCc2ccc(C(=O)NC3CCCC3)cc2)cc1. The van der Waals surface area contributed by atoms with E-state index in [1.165, 1.54) is 18.4 Å². The Balaban J connectivity index is 1.53. The minimum atomic E-state index is 0.0298. The maximum absolute atomic E-state index is 12.3. The quantitative estimate of drug-likeness (QED) is 0.800. The van der Waals surface area contributed by atoms with Crippen LogP contribution in [0.4, 0.5) is 0 Å². The maximum Gasteiger partial charge on any atom is 0.251 e. The van der Waals surface area contributed by atoms with Gasteiger partial charge in [0.15, 0.2) is 0 Å². The first-order valence-electron chi connectivity index (χ1n) is 9.55. The van der Waals surface area contributed by atoms with Gasteiger partial charge in [-0.05, 0) is 53.6 Å². The average molecular weight is 351 g/mol. The maximum atomic E-state index is 12.3. The van der Waals surface area contributed by atoms with Crippen molar-refractivity contribution < 1.29 is 9.53 Å². The van der Waals surface area contributed by atoms with Gasteiger partial charge in [0.1, 0.15) is 12.4 Å². The summed E-state index contributed by atoms with van der Waals surface area (Å²) in [6.07, 6.45) is 4.65. The number of hydrogen-bond donors (Lipinski definition) is 1. The van der Waals surface area contributed by atoms with Crippen LogP contribution < -0.4 is 10.1 Å². The zero-order valence-electron chi connectivity index (χ0n) is 16.0. The lowest BCUT2D eigenvalue weighted by molar-refractivity contribution is 0.0938. The molecule has 0 aliphatic heterocycles. The highest BCUT2D eigenvalue weighted by molar-refractivity contribution is 5.94. The van der Waals surface area contributed by atoms with Crippen molar-refractivity contribution in [2.45, 2.75) is 64.5 Å². The second-order valence-electron chi connectivity index (χ2n) is 8.21. The van der Waals surface area contributed by atoms with Crippen LogP contribution in [0, 0.1) is 0 Å². The molecule has 3 rings (SSSR count). The molecule has 26 heavy (non-hydrogen) atoms. The Hall–Kier alpha value is -2.29. The lowest BCUT2D eigenvalue weighted by atomic mass is 9.87. The molecule has 1 aliphatic carbocycles. The van der Waals surface area contributed by atoms with Gasteiger partial charge >= 0.3 is 0 Å². The fourth-order valence-corrected chi connectivity index (χ4v) is 3.31. The Morgan fingerprint density at radius 3 is 2.19 bits per heavy atom. The normalized spacial score (nSPS) is 15.0. The molecule has 138 valence electrons. The average Bonchev–Trinajstić information content (AvgIpc) is 3.13. The van der Waals surface area contributed by atoms with Gasteiger partial charge in [-0.1, -0.05) is 57.9 Å². The van der Waals surface area contributed by atoms with E-state index >= 15 is 0 Å². The van der Waals surface area contributed by atoms with Crippen LogP contribution in [-0.2, 0) is 12.0 Å². The molecule has 0 saturated heterocycles. The van der Waals surface area contributed by atoms with Gasteiger partial charge in [-0.25, -0.2) is 0 Å². The molecule has 0 spiro atoms. The summed E-state index contributed by atoms with van der Waals surface area (Å²) in [5, 5.41) is 3.12.